The Hall–Kier alpha value is -4.26. The molecule has 1 N–H and O–H groups in total. The predicted molar refractivity (Wildman–Crippen MR) is 130 cm³/mol. The standard InChI is InChI=1S/C27H24N4O3/c1-17-6-12-23(13-7-17)31-16-21(15-24(31)32)26(33)28-22-10-8-19(9-11-22)27-29-25(30-34-27)20-5-3-4-18(2)14-20/h3-14,21H,15-16H2,1-2H3,(H,28,33)/t21-/m1/s1. The number of aromatic nitrogens is 2. The van der Waals surface area contributed by atoms with Gasteiger partial charge in [0.1, 0.15) is 0 Å². The molecule has 1 aliphatic heterocycles. The summed E-state index contributed by atoms with van der Waals surface area (Å²) in [6.45, 7) is 4.38. The third-order valence-electron chi connectivity index (χ3n) is 5.94. The quantitative estimate of drug-likeness (QED) is 0.460. The van der Waals surface area contributed by atoms with Crippen LogP contribution in [0.25, 0.3) is 22.8 Å². The Labute approximate surface area is 197 Å². The first-order valence-electron chi connectivity index (χ1n) is 11.2. The van der Waals surface area contributed by atoms with E-state index >= 15 is 0 Å². The molecule has 5 rings (SSSR count). The summed E-state index contributed by atoms with van der Waals surface area (Å²) in [6.07, 6.45) is 0.196. The summed E-state index contributed by atoms with van der Waals surface area (Å²) in [5.74, 6) is 0.321. The summed E-state index contributed by atoms with van der Waals surface area (Å²) in [5, 5.41) is 7.00. The summed E-state index contributed by atoms with van der Waals surface area (Å²) in [6, 6.07) is 22.9. The van der Waals surface area contributed by atoms with E-state index in [-0.39, 0.29) is 18.2 Å². The van der Waals surface area contributed by atoms with Crippen LogP contribution in [0.1, 0.15) is 17.5 Å². The molecule has 1 aromatic heterocycles. The molecular formula is C27H24N4O3. The molecule has 1 aliphatic rings. The molecule has 2 heterocycles. The van der Waals surface area contributed by atoms with Crippen LogP contribution in [0.3, 0.4) is 0 Å². The second-order valence-corrected chi connectivity index (χ2v) is 8.60. The van der Waals surface area contributed by atoms with Gasteiger partial charge in [0.15, 0.2) is 0 Å². The maximum Gasteiger partial charge on any atom is 0.258 e. The average Bonchev–Trinajstić information content (AvgIpc) is 3.48. The summed E-state index contributed by atoms with van der Waals surface area (Å²) >= 11 is 0. The fourth-order valence-corrected chi connectivity index (χ4v) is 4.04. The smallest absolute Gasteiger partial charge is 0.258 e. The van der Waals surface area contributed by atoms with E-state index in [1.165, 1.54) is 0 Å². The van der Waals surface area contributed by atoms with Crippen molar-refractivity contribution in [1.29, 1.82) is 0 Å². The second-order valence-electron chi connectivity index (χ2n) is 8.60. The first-order valence-corrected chi connectivity index (χ1v) is 11.2. The fraction of sp³-hybridized carbons (Fsp3) is 0.185. The SMILES string of the molecule is Cc1ccc(N2C[C@H](C(=O)Nc3ccc(-c4nc(-c5cccc(C)c5)no4)cc3)CC2=O)cc1. The van der Waals surface area contributed by atoms with Crippen LogP contribution in [0.15, 0.2) is 77.3 Å². The molecule has 0 bridgehead atoms. The van der Waals surface area contributed by atoms with Gasteiger partial charge >= 0.3 is 0 Å². The van der Waals surface area contributed by atoms with Crippen molar-refractivity contribution in [1.82, 2.24) is 10.1 Å². The van der Waals surface area contributed by atoms with Crippen LogP contribution in [0, 0.1) is 19.8 Å². The Balaban J connectivity index is 1.24. The molecule has 1 atom stereocenters. The largest absolute Gasteiger partial charge is 0.334 e. The molecular weight excluding hydrogens is 428 g/mol. The first kappa shape index (κ1) is 21.6. The van der Waals surface area contributed by atoms with Gasteiger partial charge < -0.3 is 14.7 Å². The highest BCUT2D eigenvalue weighted by atomic mass is 16.5. The summed E-state index contributed by atoms with van der Waals surface area (Å²) in [4.78, 5) is 31.4. The third-order valence-corrected chi connectivity index (χ3v) is 5.94. The van der Waals surface area contributed by atoms with Gasteiger partial charge in [-0.3, -0.25) is 9.59 Å². The van der Waals surface area contributed by atoms with E-state index in [1.807, 2.05) is 74.5 Å². The molecule has 4 aromatic rings. The first-order chi connectivity index (χ1) is 16.5. The zero-order chi connectivity index (χ0) is 23.7. The number of hydrogen-bond donors (Lipinski definition) is 1. The number of rotatable bonds is 5. The van der Waals surface area contributed by atoms with E-state index < -0.39 is 5.92 Å². The molecule has 34 heavy (non-hydrogen) atoms. The average molecular weight is 453 g/mol. The Bertz CT molecular complexity index is 1340. The molecule has 2 amide bonds. The molecule has 1 fully saturated rings. The number of carbonyl (C=O) groups is 2. The van der Waals surface area contributed by atoms with E-state index in [0.717, 1.165) is 27.9 Å². The Morgan fingerprint density at radius 2 is 1.74 bits per heavy atom. The monoisotopic (exact) mass is 452 g/mol. The number of aryl methyl sites for hydroxylation is 2. The Morgan fingerprint density at radius 1 is 0.971 bits per heavy atom. The summed E-state index contributed by atoms with van der Waals surface area (Å²) < 4.78 is 5.43. The van der Waals surface area contributed by atoms with E-state index in [0.29, 0.717) is 23.9 Å². The zero-order valence-electron chi connectivity index (χ0n) is 19.0. The highest BCUT2D eigenvalue weighted by molar-refractivity contribution is 6.03. The minimum Gasteiger partial charge on any atom is -0.334 e. The lowest BCUT2D eigenvalue weighted by molar-refractivity contribution is -0.122. The van der Waals surface area contributed by atoms with E-state index in [4.69, 9.17) is 4.52 Å². The molecule has 3 aromatic carbocycles. The van der Waals surface area contributed by atoms with Crippen molar-refractivity contribution in [3.05, 3.63) is 83.9 Å². The fourth-order valence-electron chi connectivity index (χ4n) is 4.04. The lowest BCUT2D eigenvalue weighted by Crippen LogP contribution is -2.28. The number of nitrogens with zero attached hydrogens (tertiary/aromatic N) is 3. The van der Waals surface area contributed by atoms with Crippen LogP contribution < -0.4 is 10.2 Å². The number of benzene rings is 3. The molecule has 0 spiro atoms. The number of carbonyl (C=O) groups excluding carboxylic acids is 2. The molecule has 7 nitrogen and oxygen atoms in total. The van der Waals surface area contributed by atoms with Gasteiger partial charge in [-0.1, -0.05) is 46.6 Å². The van der Waals surface area contributed by atoms with Crippen LogP contribution in [0.5, 0.6) is 0 Å². The molecule has 0 saturated carbocycles. The molecule has 170 valence electrons. The van der Waals surface area contributed by atoms with Gasteiger partial charge in [-0.25, -0.2) is 0 Å². The van der Waals surface area contributed by atoms with Crippen molar-refractivity contribution in [3.63, 3.8) is 0 Å². The van der Waals surface area contributed by atoms with E-state index in [1.54, 1.807) is 17.0 Å². The zero-order valence-corrected chi connectivity index (χ0v) is 19.0. The topological polar surface area (TPSA) is 88.3 Å². The second kappa shape index (κ2) is 8.94. The molecule has 0 aliphatic carbocycles. The van der Waals surface area contributed by atoms with Crippen LogP contribution >= 0.6 is 0 Å². The molecule has 1 saturated heterocycles. The van der Waals surface area contributed by atoms with Gasteiger partial charge in [0.25, 0.3) is 5.89 Å². The van der Waals surface area contributed by atoms with Crippen molar-refractivity contribution in [3.8, 4) is 22.8 Å². The lowest BCUT2D eigenvalue weighted by Gasteiger charge is -2.17. The van der Waals surface area contributed by atoms with E-state index in [9.17, 15) is 9.59 Å². The van der Waals surface area contributed by atoms with Crippen molar-refractivity contribution in [2.75, 3.05) is 16.8 Å². The van der Waals surface area contributed by atoms with Crippen molar-refractivity contribution >= 4 is 23.2 Å². The number of hydrogen-bond acceptors (Lipinski definition) is 5. The highest BCUT2D eigenvalue weighted by Crippen LogP contribution is 2.27. The van der Waals surface area contributed by atoms with Gasteiger partial charge in [-0.05, 0) is 56.3 Å². The van der Waals surface area contributed by atoms with Gasteiger partial charge in [0.2, 0.25) is 17.6 Å². The molecule has 0 radical (unpaired) electrons. The van der Waals surface area contributed by atoms with Crippen LogP contribution in [0.4, 0.5) is 11.4 Å². The lowest BCUT2D eigenvalue weighted by atomic mass is 10.1. The molecule has 7 heteroatoms. The van der Waals surface area contributed by atoms with Crippen molar-refractivity contribution < 1.29 is 14.1 Å². The van der Waals surface area contributed by atoms with Crippen molar-refractivity contribution in [2.24, 2.45) is 5.92 Å². The van der Waals surface area contributed by atoms with Gasteiger partial charge in [-0.15, -0.1) is 0 Å². The van der Waals surface area contributed by atoms with Gasteiger partial charge in [0, 0.05) is 35.5 Å². The Morgan fingerprint density at radius 3 is 2.47 bits per heavy atom. The maximum atomic E-state index is 12.8. The van der Waals surface area contributed by atoms with Crippen LogP contribution in [-0.2, 0) is 9.59 Å². The Kier molecular flexibility index (Phi) is 5.67. The normalized spacial score (nSPS) is 15.5. The number of amides is 2. The summed E-state index contributed by atoms with van der Waals surface area (Å²) in [5.41, 5.74) is 5.36. The minimum atomic E-state index is -0.402. The number of nitrogens with one attached hydrogen (secondary N) is 1. The predicted octanol–water partition coefficient (Wildman–Crippen LogP) is 5.01. The van der Waals surface area contributed by atoms with Gasteiger partial charge in [0.05, 0.1) is 5.92 Å². The van der Waals surface area contributed by atoms with Crippen LogP contribution in [-0.4, -0.2) is 28.5 Å². The number of anilines is 2. The highest BCUT2D eigenvalue weighted by Gasteiger charge is 2.35. The van der Waals surface area contributed by atoms with E-state index in [2.05, 4.69) is 15.5 Å². The molecule has 0 unspecified atom stereocenters. The maximum absolute atomic E-state index is 12.8. The van der Waals surface area contributed by atoms with Crippen molar-refractivity contribution in [2.45, 2.75) is 20.3 Å². The minimum absolute atomic E-state index is 0.0415. The van der Waals surface area contributed by atoms with Crippen LogP contribution in [0.2, 0.25) is 0 Å². The third kappa shape index (κ3) is 4.45. The van der Waals surface area contributed by atoms with Gasteiger partial charge in [-0.2, -0.15) is 4.98 Å². The summed E-state index contributed by atoms with van der Waals surface area (Å²) in [7, 11) is 0.